The van der Waals surface area contributed by atoms with Crippen molar-refractivity contribution >= 4 is 17.9 Å². The van der Waals surface area contributed by atoms with Gasteiger partial charge in [0, 0.05) is 19.3 Å². The largest absolute Gasteiger partial charge is 0.462 e. The van der Waals surface area contributed by atoms with E-state index < -0.39 is 6.10 Å². The van der Waals surface area contributed by atoms with E-state index >= 15 is 0 Å². The van der Waals surface area contributed by atoms with Gasteiger partial charge in [-0.1, -0.05) is 193 Å². The van der Waals surface area contributed by atoms with Crippen LogP contribution in [0.15, 0.2) is 134 Å². The molecule has 0 heterocycles. The van der Waals surface area contributed by atoms with Crippen LogP contribution in [0.3, 0.4) is 0 Å². The molecule has 340 valence electrons. The number of allylic oxidation sites excluding steroid dienone is 22. The van der Waals surface area contributed by atoms with Gasteiger partial charge < -0.3 is 14.2 Å². The van der Waals surface area contributed by atoms with Crippen LogP contribution in [0.25, 0.3) is 0 Å². The van der Waals surface area contributed by atoms with Crippen molar-refractivity contribution in [3.05, 3.63) is 134 Å². The number of rotatable bonds is 40. The Bertz CT molecular complexity index is 1380. The number of ether oxygens (including phenoxy) is 3. The van der Waals surface area contributed by atoms with Gasteiger partial charge in [0.2, 0.25) is 0 Å². The number of carbonyl (C=O) groups excluding carboxylic acids is 3. The summed E-state index contributed by atoms with van der Waals surface area (Å²) in [5, 5.41) is 0. The minimum absolute atomic E-state index is 0.127. The molecular formula is C55H84O6. The highest BCUT2D eigenvalue weighted by molar-refractivity contribution is 5.71. The van der Waals surface area contributed by atoms with Gasteiger partial charge in [-0.3, -0.25) is 14.4 Å². The molecule has 0 radical (unpaired) electrons. The van der Waals surface area contributed by atoms with Gasteiger partial charge in [-0.15, -0.1) is 0 Å². The van der Waals surface area contributed by atoms with Crippen LogP contribution in [-0.2, 0) is 28.6 Å². The Morgan fingerprint density at radius 1 is 0.361 bits per heavy atom. The smallest absolute Gasteiger partial charge is 0.306 e. The highest BCUT2D eigenvalue weighted by Crippen LogP contribution is 2.11. The highest BCUT2D eigenvalue weighted by Gasteiger charge is 2.19. The molecule has 6 heteroatoms. The summed E-state index contributed by atoms with van der Waals surface area (Å²) in [5.74, 6) is -1.06. The molecule has 0 aliphatic carbocycles. The second kappa shape index (κ2) is 48.2. The zero-order chi connectivity index (χ0) is 44.4. The number of hydrogen-bond acceptors (Lipinski definition) is 6. The van der Waals surface area contributed by atoms with E-state index in [9.17, 15) is 14.4 Å². The fourth-order valence-electron chi connectivity index (χ4n) is 5.74. The summed E-state index contributed by atoms with van der Waals surface area (Å²) in [7, 11) is 0. The van der Waals surface area contributed by atoms with Crippen LogP contribution in [0.2, 0.25) is 0 Å². The van der Waals surface area contributed by atoms with Crippen molar-refractivity contribution < 1.29 is 28.6 Å². The molecule has 0 saturated heterocycles. The van der Waals surface area contributed by atoms with Crippen molar-refractivity contribution in [2.75, 3.05) is 13.2 Å². The summed E-state index contributed by atoms with van der Waals surface area (Å²) in [4.78, 5) is 37.8. The third kappa shape index (κ3) is 46.5. The lowest BCUT2D eigenvalue weighted by atomic mass is 10.1. The second-order valence-corrected chi connectivity index (χ2v) is 15.0. The van der Waals surface area contributed by atoms with Gasteiger partial charge in [-0.2, -0.15) is 0 Å². The normalized spacial score (nSPS) is 13.3. The SMILES string of the molecule is CC/C=C/C=C/C=C/C=C/CCCCCC(=O)OC(COC(=O)CCC/C=C/C/C=C/C/C=C/C/C=C/CCCCC)COC(=O)CCCCCCC/C=C/C=C/C=C/CC. The summed E-state index contributed by atoms with van der Waals surface area (Å²) in [6.45, 7) is 6.20. The quantitative estimate of drug-likeness (QED) is 0.0201. The van der Waals surface area contributed by atoms with E-state index in [4.69, 9.17) is 14.2 Å². The molecule has 6 nitrogen and oxygen atoms in total. The van der Waals surface area contributed by atoms with E-state index in [0.29, 0.717) is 19.3 Å². The number of esters is 3. The molecule has 0 amide bonds. The molecule has 0 rings (SSSR count). The average Bonchev–Trinajstić information content (AvgIpc) is 3.26. The molecule has 0 aliphatic heterocycles. The first-order valence-corrected chi connectivity index (χ1v) is 23.8. The summed E-state index contributed by atoms with van der Waals surface area (Å²) in [6.07, 6.45) is 67.2. The van der Waals surface area contributed by atoms with Crippen molar-refractivity contribution in [3.8, 4) is 0 Å². The first kappa shape index (κ1) is 56.5. The maximum Gasteiger partial charge on any atom is 0.306 e. The summed E-state index contributed by atoms with van der Waals surface area (Å²) >= 11 is 0. The third-order valence-electron chi connectivity index (χ3n) is 9.28. The van der Waals surface area contributed by atoms with E-state index in [1.807, 2.05) is 42.5 Å². The predicted octanol–water partition coefficient (Wildman–Crippen LogP) is 15.5. The Hall–Kier alpha value is -4.45. The van der Waals surface area contributed by atoms with Crippen molar-refractivity contribution in [2.45, 2.75) is 181 Å². The average molecular weight is 841 g/mol. The van der Waals surface area contributed by atoms with Gasteiger partial charge in [0.05, 0.1) is 0 Å². The van der Waals surface area contributed by atoms with Crippen molar-refractivity contribution in [3.63, 3.8) is 0 Å². The van der Waals surface area contributed by atoms with Crippen molar-refractivity contribution in [1.82, 2.24) is 0 Å². The Morgan fingerprint density at radius 3 is 1.23 bits per heavy atom. The van der Waals surface area contributed by atoms with Gasteiger partial charge in [0.25, 0.3) is 0 Å². The molecule has 0 aromatic carbocycles. The standard InChI is InChI=1S/C55H84O6/c1-4-7-10-13-16-19-22-25-26-27-28-31-33-36-39-42-45-48-54(57)60-51-52(61-55(58)49-46-43-40-37-34-30-24-21-18-15-12-9-6-3)50-59-53(56)47-44-41-38-35-32-29-23-20-17-14-11-8-5-2/h8-9,11-12,14-21,23-26,28,30-31,34,36,39,52H,4-7,10,13,22,27,29,32-33,35,37-38,40-51H2,1-3H3/b11-8+,12-9+,17-14+,18-15+,19-16+,23-20+,24-21+,26-25+,31-28+,34-30+,39-36+. The number of unbranched alkanes of at least 4 members (excludes halogenated alkanes) is 12. The fourth-order valence-corrected chi connectivity index (χ4v) is 5.74. The lowest BCUT2D eigenvalue weighted by molar-refractivity contribution is -0.167. The summed E-state index contributed by atoms with van der Waals surface area (Å²) < 4.78 is 16.6. The van der Waals surface area contributed by atoms with Crippen LogP contribution in [0, 0.1) is 0 Å². The lowest BCUT2D eigenvalue weighted by Crippen LogP contribution is -2.30. The van der Waals surface area contributed by atoms with Gasteiger partial charge in [0.15, 0.2) is 6.10 Å². The van der Waals surface area contributed by atoms with Crippen LogP contribution < -0.4 is 0 Å². The minimum atomic E-state index is -0.833. The Balaban J connectivity index is 4.59. The first-order chi connectivity index (χ1) is 30.0. The zero-order valence-corrected chi connectivity index (χ0v) is 38.6. The molecule has 0 spiro atoms. The van der Waals surface area contributed by atoms with Crippen LogP contribution in [0.5, 0.6) is 0 Å². The van der Waals surface area contributed by atoms with Crippen LogP contribution >= 0.6 is 0 Å². The van der Waals surface area contributed by atoms with E-state index in [1.54, 1.807) is 0 Å². The zero-order valence-electron chi connectivity index (χ0n) is 38.6. The molecule has 0 saturated carbocycles. The fraction of sp³-hybridized carbons (Fsp3) is 0.545. The molecular weight excluding hydrogens is 757 g/mol. The summed E-state index contributed by atoms with van der Waals surface area (Å²) in [5.41, 5.74) is 0. The van der Waals surface area contributed by atoms with Gasteiger partial charge >= 0.3 is 17.9 Å². The maximum absolute atomic E-state index is 12.7. The van der Waals surface area contributed by atoms with E-state index in [1.165, 1.54) is 25.7 Å². The molecule has 0 aliphatic rings. The molecule has 0 aromatic rings. The van der Waals surface area contributed by atoms with Crippen molar-refractivity contribution in [2.24, 2.45) is 0 Å². The Morgan fingerprint density at radius 2 is 0.721 bits per heavy atom. The second-order valence-electron chi connectivity index (χ2n) is 15.0. The number of carbonyl (C=O) groups is 3. The van der Waals surface area contributed by atoms with Gasteiger partial charge in [-0.05, 0) is 96.3 Å². The monoisotopic (exact) mass is 841 g/mol. The minimum Gasteiger partial charge on any atom is -0.462 e. The van der Waals surface area contributed by atoms with Gasteiger partial charge in [-0.25, -0.2) is 0 Å². The maximum atomic E-state index is 12.7. The predicted molar refractivity (Wildman–Crippen MR) is 260 cm³/mol. The first-order valence-electron chi connectivity index (χ1n) is 23.8. The molecule has 61 heavy (non-hydrogen) atoms. The Labute approximate surface area is 373 Å². The Kier molecular flexibility index (Phi) is 44.7. The highest BCUT2D eigenvalue weighted by atomic mass is 16.6. The topological polar surface area (TPSA) is 78.9 Å². The molecule has 1 atom stereocenters. The van der Waals surface area contributed by atoms with Crippen LogP contribution in [0.4, 0.5) is 0 Å². The van der Waals surface area contributed by atoms with E-state index in [0.717, 1.165) is 96.3 Å². The molecule has 1 unspecified atom stereocenters. The van der Waals surface area contributed by atoms with E-state index in [-0.39, 0.29) is 44.0 Å². The molecule has 0 aromatic heterocycles. The van der Waals surface area contributed by atoms with Crippen LogP contribution in [-0.4, -0.2) is 37.2 Å². The van der Waals surface area contributed by atoms with Crippen molar-refractivity contribution in [1.29, 1.82) is 0 Å². The molecule has 0 fully saturated rings. The molecule has 0 N–H and O–H groups in total. The summed E-state index contributed by atoms with van der Waals surface area (Å²) in [6, 6.07) is 0. The lowest BCUT2D eigenvalue weighted by Gasteiger charge is -2.18. The van der Waals surface area contributed by atoms with Crippen LogP contribution in [0.1, 0.15) is 175 Å². The van der Waals surface area contributed by atoms with Gasteiger partial charge in [0.1, 0.15) is 13.2 Å². The van der Waals surface area contributed by atoms with E-state index in [2.05, 4.69) is 112 Å². The molecule has 0 bridgehead atoms. The number of hydrogen-bond donors (Lipinski definition) is 0. The third-order valence-corrected chi connectivity index (χ3v) is 9.28.